The van der Waals surface area contributed by atoms with E-state index in [1.165, 1.54) is 6.26 Å². The van der Waals surface area contributed by atoms with E-state index in [1.807, 2.05) is 36.4 Å². The van der Waals surface area contributed by atoms with Crippen LogP contribution in [0.1, 0.15) is 15.9 Å². The first-order valence-electron chi connectivity index (χ1n) is 6.84. The Labute approximate surface area is 127 Å². The molecule has 0 fully saturated rings. The van der Waals surface area contributed by atoms with Crippen molar-refractivity contribution in [1.82, 2.24) is 0 Å². The second kappa shape index (κ2) is 6.63. The summed E-state index contributed by atoms with van der Waals surface area (Å²) in [7, 11) is 0. The summed E-state index contributed by atoms with van der Waals surface area (Å²) in [5.41, 5.74) is 1.47. The second-order valence-electron chi connectivity index (χ2n) is 4.60. The molecule has 0 aliphatic rings. The number of ether oxygens (including phenoxy) is 2. The molecule has 0 unspecified atom stereocenters. The van der Waals surface area contributed by atoms with Gasteiger partial charge in [0.05, 0.1) is 11.8 Å². The average molecular weight is 294 g/mol. The summed E-state index contributed by atoms with van der Waals surface area (Å²) in [6, 6.07) is 20.0. The van der Waals surface area contributed by atoms with Gasteiger partial charge in [0.15, 0.2) is 0 Å². The highest BCUT2D eigenvalue weighted by molar-refractivity contribution is 5.91. The van der Waals surface area contributed by atoms with E-state index in [1.54, 1.807) is 30.3 Å². The standard InChI is InChI=1S/C18H14O4/c19-17(15-9-5-2-6-10-15)22-16-11-12-20-18(16)21-13-14-7-3-1-4-8-14/h1-12H,13H2. The molecule has 0 aliphatic heterocycles. The van der Waals surface area contributed by atoms with Gasteiger partial charge < -0.3 is 13.9 Å². The molecule has 3 rings (SSSR count). The molecule has 0 spiro atoms. The summed E-state index contributed by atoms with van der Waals surface area (Å²) in [4.78, 5) is 12.0. The van der Waals surface area contributed by atoms with Gasteiger partial charge in [0.1, 0.15) is 6.61 Å². The average Bonchev–Trinajstić information content (AvgIpc) is 3.02. The van der Waals surface area contributed by atoms with Gasteiger partial charge in [-0.1, -0.05) is 48.5 Å². The van der Waals surface area contributed by atoms with Crippen LogP contribution in [0.4, 0.5) is 0 Å². The van der Waals surface area contributed by atoms with Crippen LogP contribution in [-0.4, -0.2) is 5.97 Å². The molecular weight excluding hydrogens is 280 g/mol. The monoisotopic (exact) mass is 294 g/mol. The van der Waals surface area contributed by atoms with Crippen LogP contribution in [-0.2, 0) is 6.61 Å². The van der Waals surface area contributed by atoms with E-state index in [0.29, 0.717) is 12.2 Å². The van der Waals surface area contributed by atoms with Crippen LogP contribution >= 0.6 is 0 Å². The van der Waals surface area contributed by atoms with E-state index < -0.39 is 5.97 Å². The van der Waals surface area contributed by atoms with Crippen molar-refractivity contribution in [2.24, 2.45) is 0 Å². The van der Waals surface area contributed by atoms with Crippen LogP contribution in [0.2, 0.25) is 0 Å². The van der Waals surface area contributed by atoms with Crippen LogP contribution in [0.15, 0.2) is 77.4 Å². The zero-order chi connectivity index (χ0) is 15.2. The Morgan fingerprint density at radius 1 is 0.909 bits per heavy atom. The Bertz CT molecular complexity index is 732. The maximum absolute atomic E-state index is 12.0. The quantitative estimate of drug-likeness (QED) is 0.665. The zero-order valence-electron chi connectivity index (χ0n) is 11.8. The van der Waals surface area contributed by atoms with Crippen LogP contribution in [0.3, 0.4) is 0 Å². The van der Waals surface area contributed by atoms with Gasteiger partial charge in [0.25, 0.3) is 0 Å². The summed E-state index contributed by atoms with van der Waals surface area (Å²) in [6.07, 6.45) is 1.42. The molecule has 0 atom stereocenters. The van der Waals surface area contributed by atoms with Crippen molar-refractivity contribution in [3.8, 4) is 11.7 Å². The van der Waals surface area contributed by atoms with Crippen molar-refractivity contribution in [3.63, 3.8) is 0 Å². The van der Waals surface area contributed by atoms with Gasteiger partial charge in [-0.15, -0.1) is 0 Å². The summed E-state index contributed by atoms with van der Waals surface area (Å²) >= 11 is 0. The molecule has 1 aromatic heterocycles. The molecule has 4 heteroatoms. The number of benzene rings is 2. The summed E-state index contributed by atoms with van der Waals surface area (Å²) in [5.74, 6) is 0.00415. The normalized spacial score (nSPS) is 10.2. The van der Waals surface area contributed by atoms with Crippen LogP contribution in [0.25, 0.3) is 0 Å². The highest BCUT2D eigenvalue weighted by Gasteiger charge is 2.15. The van der Waals surface area contributed by atoms with Gasteiger partial charge in [0, 0.05) is 6.07 Å². The van der Waals surface area contributed by atoms with Crippen molar-refractivity contribution in [2.75, 3.05) is 0 Å². The highest BCUT2D eigenvalue weighted by Crippen LogP contribution is 2.29. The van der Waals surface area contributed by atoms with Gasteiger partial charge in [-0.2, -0.15) is 0 Å². The van der Waals surface area contributed by atoms with E-state index in [0.717, 1.165) is 5.56 Å². The van der Waals surface area contributed by atoms with Gasteiger partial charge >= 0.3 is 11.9 Å². The molecule has 0 saturated heterocycles. The van der Waals surface area contributed by atoms with Crippen molar-refractivity contribution < 1.29 is 18.7 Å². The third-order valence-electron chi connectivity index (χ3n) is 3.02. The third-order valence-corrected chi connectivity index (χ3v) is 3.02. The highest BCUT2D eigenvalue weighted by atomic mass is 16.6. The lowest BCUT2D eigenvalue weighted by Crippen LogP contribution is -2.08. The van der Waals surface area contributed by atoms with Crippen molar-refractivity contribution in [2.45, 2.75) is 6.61 Å². The Balaban J connectivity index is 1.66. The minimum Gasteiger partial charge on any atom is -0.458 e. The fourth-order valence-corrected chi connectivity index (χ4v) is 1.92. The molecule has 0 amide bonds. The Morgan fingerprint density at radius 2 is 1.59 bits per heavy atom. The van der Waals surface area contributed by atoms with E-state index in [4.69, 9.17) is 13.9 Å². The Kier molecular flexibility index (Phi) is 4.20. The third kappa shape index (κ3) is 3.35. The molecule has 0 radical (unpaired) electrons. The van der Waals surface area contributed by atoms with Gasteiger partial charge in [0.2, 0.25) is 5.75 Å². The second-order valence-corrected chi connectivity index (χ2v) is 4.60. The number of hydrogen-bond acceptors (Lipinski definition) is 4. The largest absolute Gasteiger partial charge is 0.458 e. The summed E-state index contributed by atoms with van der Waals surface area (Å²) < 4.78 is 16.1. The number of hydrogen-bond donors (Lipinski definition) is 0. The number of carbonyl (C=O) groups excluding carboxylic acids is 1. The summed E-state index contributed by atoms with van der Waals surface area (Å²) in [5, 5.41) is 0. The van der Waals surface area contributed by atoms with E-state index in [-0.39, 0.29) is 11.7 Å². The molecule has 0 N–H and O–H groups in total. The number of rotatable bonds is 5. The molecule has 22 heavy (non-hydrogen) atoms. The maximum Gasteiger partial charge on any atom is 0.343 e. The van der Waals surface area contributed by atoms with Crippen LogP contribution in [0, 0.1) is 0 Å². The molecule has 2 aromatic carbocycles. The first-order valence-corrected chi connectivity index (χ1v) is 6.84. The minimum absolute atomic E-state index is 0.188. The maximum atomic E-state index is 12.0. The molecule has 3 aromatic rings. The molecule has 4 nitrogen and oxygen atoms in total. The number of carbonyl (C=O) groups is 1. The lowest BCUT2D eigenvalue weighted by Gasteiger charge is -2.06. The Morgan fingerprint density at radius 3 is 2.32 bits per heavy atom. The van der Waals surface area contributed by atoms with Crippen molar-refractivity contribution in [3.05, 3.63) is 84.1 Å². The molecule has 0 bridgehead atoms. The minimum atomic E-state index is -0.452. The fraction of sp³-hybridized carbons (Fsp3) is 0.0556. The number of esters is 1. The van der Waals surface area contributed by atoms with E-state index in [2.05, 4.69) is 0 Å². The fourth-order valence-electron chi connectivity index (χ4n) is 1.92. The predicted molar refractivity (Wildman–Crippen MR) is 80.9 cm³/mol. The Hall–Kier alpha value is -3.01. The smallest absolute Gasteiger partial charge is 0.343 e. The van der Waals surface area contributed by atoms with Crippen molar-refractivity contribution >= 4 is 5.97 Å². The molecule has 0 saturated carbocycles. The zero-order valence-corrected chi connectivity index (χ0v) is 11.8. The first-order chi connectivity index (χ1) is 10.8. The topological polar surface area (TPSA) is 48.7 Å². The summed E-state index contributed by atoms with van der Waals surface area (Å²) in [6.45, 7) is 0.338. The number of furan rings is 1. The molecule has 1 heterocycles. The predicted octanol–water partition coefficient (Wildman–Crippen LogP) is 4.08. The lowest BCUT2D eigenvalue weighted by atomic mass is 10.2. The molecule has 110 valence electrons. The van der Waals surface area contributed by atoms with Gasteiger partial charge in [-0.3, -0.25) is 0 Å². The molecular formula is C18H14O4. The first kappa shape index (κ1) is 13.9. The SMILES string of the molecule is O=C(Oc1ccoc1OCc1ccccc1)c1ccccc1. The van der Waals surface area contributed by atoms with Gasteiger partial charge in [-0.25, -0.2) is 4.79 Å². The van der Waals surface area contributed by atoms with E-state index in [9.17, 15) is 4.79 Å². The van der Waals surface area contributed by atoms with Gasteiger partial charge in [-0.05, 0) is 17.7 Å². The van der Waals surface area contributed by atoms with Crippen LogP contribution in [0.5, 0.6) is 11.7 Å². The molecule has 0 aliphatic carbocycles. The lowest BCUT2D eigenvalue weighted by molar-refractivity contribution is 0.0721. The van der Waals surface area contributed by atoms with Crippen molar-refractivity contribution in [1.29, 1.82) is 0 Å². The van der Waals surface area contributed by atoms with Crippen LogP contribution < -0.4 is 9.47 Å². The van der Waals surface area contributed by atoms with E-state index >= 15 is 0 Å².